The Hall–Kier alpha value is -1.43. The number of nitrogens with two attached hydrogens (primary N) is 1. The van der Waals surface area contributed by atoms with Crippen LogP contribution in [0.2, 0.25) is 0 Å². The van der Waals surface area contributed by atoms with E-state index in [0.717, 1.165) is 5.56 Å². The molecule has 1 fully saturated rings. The van der Waals surface area contributed by atoms with Crippen LogP contribution in [0.3, 0.4) is 0 Å². The van der Waals surface area contributed by atoms with Gasteiger partial charge in [0.05, 0.1) is 26.4 Å². The van der Waals surface area contributed by atoms with E-state index in [1.807, 2.05) is 30.3 Å². The van der Waals surface area contributed by atoms with Gasteiger partial charge in [-0.1, -0.05) is 30.3 Å². The Balaban J connectivity index is 1.96. The lowest BCUT2D eigenvalue weighted by Crippen LogP contribution is -2.42. The summed E-state index contributed by atoms with van der Waals surface area (Å²) in [7, 11) is 1.32. The summed E-state index contributed by atoms with van der Waals surface area (Å²) in [6.45, 7) is 0.704. The van der Waals surface area contributed by atoms with Gasteiger partial charge in [-0.2, -0.15) is 0 Å². The number of methoxy groups -OCH3 is 1. The molecular weight excluding hydrogens is 234 g/mol. The number of rotatable bonds is 4. The number of hydrogen-bond donors (Lipinski definition) is 1. The number of carbonyl (C=O) groups is 1. The molecule has 5 heteroatoms. The third kappa shape index (κ3) is 2.87. The molecule has 1 aliphatic heterocycles. The van der Waals surface area contributed by atoms with Crippen molar-refractivity contribution >= 4 is 5.97 Å². The predicted molar refractivity (Wildman–Crippen MR) is 64.8 cm³/mol. The van der Waals surface area contributed by atoms with Crippen LogP contribution in [0.5, 0.6) is 0 Å². The van der Waals surface area contributed by atoms with Gasteiger partial charge in [0.25, 0.3) is 0 Å². The Kier molecular flexibility index (Phi) is 4.30. The van der Waals surface area contributed by atoms with Gasteiger partial charge in [-0.3, -0.25) is 0 Å². The zero-order valence-corrected chi connectivity index (χ0v) is 10.2. The first-order valence-electron chi connectivity index (χ1n) is 5.83. The molecule has 1 aliphatic rings. The molecule has 0 saturated carbocycles. The van der Waals surface area contributed by atoms with Gasteiger partial charge in [-0.05, 0) is 5.56 Å². The van der Waals surface area contributed by atoms with Crippen molar-refractivity contribution in [2.75, 3.05) is 13.7 Å². The van der Waals surface area contributed by atoms with Gasteiger partial charge < -0.3 is 19.9 Å². The standard InChI is InChI=1S/C13H17NO4/c1-16-13(15)12-11(10(14)8-18-12)17-7-9-5-3-2-4-6-9/h2-6,10-12H,7-8,14H2,1H3/t10-,11+,12+/m0/s1. The van der Waals surface area contributed by atoms with Crippen molar-refractivity contribution in [1.82, 2.24) is 0 Å². The van der Waals surface area contributed by atoms with Crippen molar-refractivity contribution in [3.63, 3.8) is 0 Å². The third-order valence-electron chi connectivity index (χ3n) is 2.91. The van der Waals surface area contributed by atoms with Gasteiger partial charge in [0.2, 0.25) is 0 Å². The van der Waals surface area contributed by atoms with Crippen molar-refractivity contribution < 1.29 is 19.0 Å². The van der Waals surface area contributed by atoms with Gasteiger partial charge in [-0.25, -0.2) is 4.79 Å². The van der Waals surface area contributed by atoms with Gasteiger partial charge in [0.15, 0.2) is 6.10 Å². The average Bonchev–Trinajstić information content (AvgIpc) is 2.78. The highest BCUT2D eigenvalue weighted by Gasteiger charge is 2.41. The van der Waals surface area contributed by atoms with Crippen LogP contribution in [-0.2, 0) is 25.6 Å². The Labute approximate surface area is 106 Å². The summed E-state index contributed by atoms with van der Waals surface area (Å²) in [5, 5.41) is 0. The summed E-state index contributed by atoms with van der Waals surface area (Å²) in [6, 6.07) is 9.40. The van der Waals surface area contributed by atoms with Crippen LogP contribution in [-0.4, -0.2) is 37.9 Å². The number of carbonyl (C=O) groups excluding carboxylic acids is 1. The highest BCUT2D eigenvalue weighted by Crippen LogP contribution is 2.19. The molecule has 0 radical (unpaired) electrons. The fourth-order valence-corrected chi connectivity index (χ4v) is 1.92. The number of hydrogen-bond acceptors (Lipinski definition) is 5. The van der Waals surface area contributed by atoms with Crippen molar-refractivity contribution in [3.8, 4) is 0 Å². The fourth-order valence-electron chi connectivity index (χ4n) is 1.92. The van der Waals surface area contributed by atoms with Gasteiger partial charge >= 0.3 is 5.97 Å². The average molecular weight is 251 g/mol. The first-order valence-corrected chi connectivity index (χ1v) is 5.83. The molecule has 0 aliphatic carbocycles. The van der Waals surface area contributed by atoms with E-state index >= 15 is 0 Å². The predicted octanol–water partition coefficient (Wildman–Crippen LogP) is 0.471. The Morgan fingerprint density at radius 3 is 2.83 bits per heavy atom. The van der Waals surface area contributed by atoms with Crippen molar-refractivity contribution in [1.29, 1.82) is 0 Å². The number of ether oxygens (including phenoxy) is 3. The van der Waals surface area contributed by atoms with Crippen molar-refractivity contribution in [3.05, 3.63) is 35.9 Å². The lowest BCUT2D eigenvalue weighted by molar-refractivity contribution is -0.157. The van der Waals surface area contributed by atoms with E-state index in [2.05, 4.69) is 4.74 Å². The monoisotopic (exact) mass is 251 g/mol. The van der Waals surface area contributed by atoms with E-state index in [-0.39, 0.29) is 6.04 Å². The molecule has 18 heavy (non-hydrogen) atoms. The molecule has 3 atom stereocenters. The Morgan fingerprint density at radius 1 is 1.44 bits per heavy atom. The summed E-state index contributed by atoms with van der Waals surface area (Å²) in [5.41, 5.74) is 6.90. The Morgan fingerprint density at radius 2 is 2.17 bits per heavy atom. The van der Waals surface area contributed by atoms with E-state index in [0.29, 0.717) is 13.2 Å². The molecule has 2 rings (SSSR count). The molecule has 1 aromatic carbocycles. The van der Waals surface area contributed by atoms with Crippen LogP contribution in [0.25, 0.3) is 0 Å². The normalized spacial score (nSPS) is 27.1. The van der Waals surface area contributed by atoms with E-state index in [9.17, 15) is 4.79 Å². The molecule has 1 aromatic rings. The lowest BCUT2D eigenvalue weighted by Gasteiger charge is -2.19. The van der Waals surface area contributed by atoms with Crippen LogP contribution in [0.1, 0.15) is 5.56 Å². The topological polar surface area (TPSA) is 70.8 Å². The lowest BCUT2D eigenvalue weighted by atomic mass is 10.1. The summed E-state index contributed by atoms with van der Waals surface area (Å²) in [4.78, 5) is 11.5. The minimum atomic E-state index is -0.728. The second-order valence-corrected chi connectivity index (χ2v) is 4.20. The van der Waals surface area contributed by atoms with Crippen LogP contribution in [0.4, 0.5) is 0 Å². The van der Waals surface area contributed by atoms with Crippen LogP contribution >= 0.6 is 0 Å². The van der Waals surface area contributed by atoms with Gasteiger partial charge in [0.1, 0.15) is 6.10 Å². The fraction of sp³-hybridized carbons (Fsp3) is 0.462. The quantitative estimate of drug-likeness (QED) is 0.788. The largest absolute Gasteiger partial charge is 0.467 e. The van der Waals surface area contributed by atoms with Gasteiger partial charge in [0, 0.05) is 0 Å². The molecule has 0 aromatic heterocycles. The Bertz CT molecular complexity index is 395. The molecule has 2 N–H and O–H groups in total. The molecular formula is C13H17NO4. The summed E-state index contributed by atoms with van der Waals surface area (Å²) in [5.74, 6) is -0.444. The SMILES string of the molecule is COC(=O)[C@@H]1OC[C@H](N)[C@H]1OCc1ccccc1. The first-order chi connectivity index (χ1) is 8.72. The smallest absolute Gasteiger partial charge is 0.337 e. The van der Waals surface area contributed by atoms with E-state index in [4.69, 9.17) is 15.2 Å². The minimum absolute atomic E-state index is 0.305. The molecule has 0 spiro atoms. The number of esters is 1. The zero-order chi connectivity index (χ0) is 13.0. The zero-order valence-electron chi connectivity index (χ0n) is 10.2. The summed E-state index contributed by atoms with van der Waals surface area (Å²) in [6.07, 6.45) is -1.19. The second kappa shape index (κ2) is 5.95. The van der Waals surface area contributed by atoms with Crippen molar-refractivity contribution in [2.24, 2.45) is 5.73 Å². The molecule has 98 valence electrons. The van der Waals surface area contributed by atoms with Crippen LogP contribution < -0.4 is 5.73 Å². The van der Waals surface area contributed by atoms with Crippen molar-refractivity contribution in [2.45, 2.75) is 24.9 Å². The van der Waals surface area contributed by atoms with E-state index < -0.39 is 18.2 Å². The first kappa shape index (κ1) is 13.0. The molecule has 5 nitrogen and oxygen atoms in total. The molecule has 0 amide bonds. The summed E-state index contributed by atoms with van der Waals surface area (Å²) < 4.78 is 15.6. The minimum Gasteiger partial charge on any atom is -0.467 e. The van der Waals surface area contributed by atoms with Gasteiger partial charge in [-0.15, -0.1) is 0 Å². The van der Waals surface area contributed by atoms with E-state index in [1.165, 1.54) is 7.11 Å². The molecule has 0 unspecified atom stereocenters. The third-order valence-corrected chi connectivity index (χ3v) is 2.91. The molecule has 0 bridgehead atoms. The highest BCUT2D eigenvalue weighted by atomic mass is 16.6. The van der Waals surface area contributed by atoms with E-state index in [1.54, 1.807) is 0 Å². The number of benzene rings is 1. The molecule has 1 heterocycles. The summed E-state index contributed by atoms with van der Waals surface area (Å²) >= 11 is 0. The highest BCUT2D eigenvalue weighted by molar-refractivity contribution is 5.75. The maximum absolute atomic E-state index is 11.5. The molecule has 1 saturated heterocycles. The maximum atomic E-state index is 11.5. The maximum Gasteiger partial charge on any atom is 0.337 e. The van der Waals surface area contributed by atoms with Crippen LogP contribution in [0, 0.1) is 0 Å². The van der Waals surface area contributed by atoms with Crippen LogP contribution in [0.15, 0.2) is 30.3 Å². The second-order valence-electron chi connectivity index (χ2n) is 4.20.